The summed E-state index contributed by atoms with van der Waals surface area (Å²) in [5.74, 6) is 0.770. The molecule has 1 aliphatic heterocycles. The van der Waals surface area contributed by atoms with Crippen LogP contribution in [0.25, 0.3) is 0 Å². The third kappa shape index (κ3) is 3.22. The molecule has 18 heavy (non-hydrogen) atoms. The number of ether oxygens (including phenoxy) is 1. The molecule has 100 valence electrons. The van der Waals surface area contributed by atoms with E-state index in [1.807, 2.05) is 39.0 Å². The minimum atomic E-state index is -1.02. The molecule has 1 heterocycles. The lowest BCUT2D eigenvalue weighted by Gasteiger charge is -2.25. The quantitative estimate of drug-likeness (QED) is 0.889. The highest BCUT2D eigenvalue weighted by Gasteiger charge is 2.22. The molecule has 1 aromatic rings. The van der Waals surface area contributed by atoms with Crippen molar-refractivity contribution >= 4 is 0 Å². The van der Waals surface area contributed by atoms with Crippen molar-refractivity contribution in [2.75, 3.05) is 13.2 Å². The average molecular weight is 251 g/mol. The lowest BCUT2D eigenvalue weighted by molar-refractivity contribution is 0.255. The van der Waals surface area contributed by atoms with Gasteiger partial charge in [-0.15, -0.1) is 0 Å². The minimum Gasteiger partial charge on any atom is -0.493 e. The Kier molecular flexibility index (Phi) is 3.91. The molecule has 0 bridgehead atoms. The zero-order chi connectivity index (χ0) is 13.2. The number of halogens is 1. The van der Waals surface area contributed by atoms with Crippen molar-refractivity contribution in [1.82, 2.24) is 5.32 Å². The average Bonchev–Trinajstić information content (AvgIpc) is 2.34. The summed E-state index contributed by atoms with van der Waals surface area (Å²) in [5.41, 5.74) is 1.75. The van der Waals surface area contributed by atoms with Gasteiger partial charge in [-0.2, -0.15) is 0 Å². The van der Waals surface area contributed by atoms with E-state index >= 15 is 0 Å². The predicted molar refractivity (Wildman–Crippen MR) is 71.9 cm³/mol. The SMILES string of the molecule is CC(C)(C)NCC(F)c1cccc2c1OCCC2. The first-order valence-corrected chi connectivity index (χ1v) is 6.61. The predicted octanol–water partition coefficient (Wildman–Crippen LogP) is 3.41. The number of benzene rings is 1. The summed E-state index contributed by atoms with van der Waals surface area (Å²) in [6, 6.07) is 5.79. The molecule has 3 heteroatoms. The lowest BCUT2D eigenvalue weighted by atomic mass is 9.99. The number of hydrogen-bond donors (Lipinski definition) is 1. The minimum absolute atomic E-state index is 0.0694. The Morgan fingerprint density at radius 3 is 2.89 bits per heavy atom. The van der Waals surface area contributed by atoms with E-state index in [-0.39, 0.29) is 5.54 Å². The zero-order valence-electron chi connectivity index (χ0n) is 11.4. The summed E-state index contributed by atoms with van der Waals surface area (Å²) in [6.45, 7) is 7.14. The number of rotatable bonds is 3. The van der Waals surface area contributed by atoms with E-state index in [1.165, 1.54) is 0 Å². The Hall–Kier alpha value is -1.09. The van der Waals surface area contributed by atoms with Gasteiger partial charge in [-0.3, -0.25) is 0 Å². The van der Waals surface area contributed by atoms with Crippen molar-refractivity contribution in [2.24, 2.45) is 0 Å². The number of nitrogens with one attached hydrogen (secondary N) is 1. The normalized spacial score (nSPS) is 16.9. The Balaban J connectivity index is 2.12. The van der Waals surface area contributed by atoms with Crippen LogP contribution in [0.15, 0.2) is 18.2 Å². The molecule has 1 N–H and O–H groups in total. The summed E-state index contributed by atoms with van der Waals surface area (Å²) in [4.78, 5) is 0. The van der Waals surface area contributed by atoms with Crippen LogP contribution < -0.4 is 10.1 Å². The summed E-state index contributed by atoms with van der Waals surface area (Å²) < 4.78 is 20.0. The third-order valence-corrected chi connectivity index (χ3v) is 3.11. The maximum absolute atomic E-state index is 14.3. The molecule has 0 saturated carbocycles. The Bertz CT molecular complexity index is 411. The van der Waals surface area contributed by atoms with Gasteiger partial charge < -0.3 is 10.1 Å². The topological polar surface area (TPSA) is 21.3 Å². The summed E-state index contributed by atoms with van der Waals surface area (Å²) in [6.07, 6.45) is 0.994. The molecule has 1 aliphatic rings. The van der Waals surface area contributed by atoms with Crippen LogP contribution in [0.1, 0.15) is 44.5 Å². The maximum Gasteiger partial charge on any atom is 0.141 e. The van der Waals surface area contributed by atoms with E-state index in [4.69, 9.17) is 4.74 Å². The van der Waals surface area contributed by atoms with Crippen LogP contribution >= 0.6 is 0 Å². The maximum atomic E-state index is 14.3. The molecule has 0 aromatic heterocycles. The molecule has 0 spiro atoms. The van der Waals surface area contributed by atoms with Gasteiger partial charge >= 0.3 is 0 Å². The zero-order valence-corrected chi connectivity index (χ0v) is 11.4. The molecule has 0 amide bonds. The first-order chi connectivity index (χ1) is 8.47. The van der Waals surface area contributed by atoms with Gasteiger partial charge in [0.05, 0.1) is 6.61 Å². The monoisotopic (exact) mass is 251 g/mol. The van der Waals surface area contributed by atoms with Crippen LogP contribution in [-0.4, -0.2) is 18.7 Å². The summed E-state index contributed by atoms with van der Waals surface area (Å²) >= 11 is 0. The summed E-state index contributed by atoms with van der Waals surface area (Å²) in [7, 11) is 0. The van der Waals surface area contributed by atoms with Crippen LogP contribution in [0, 0.1) is 0 Å². The Morgan fingerprint density at radius 1 is 1.39 bits per heavy atom. The number of fused-ring (bicyclic) bond motifs is 1. The van der Waals surface area contributed by atoms with Crippen molar-refractivity contribution < 1.29 is 9.13 Å². The molecule has 0 radical (unpaired) electrons. The molecule has 2 rings (SSSR count). The van der Waals surface area contributed by atoms with E-state index in [0.717, 1.165) is 24.2 Å². The molecule has 1 unspecified atom stereocenters. The Morgan fingerprint density at radius 2 is 2.17 bits per heavy atom. The first kappa shape index (κ1) is 13.3. The van der Waals surface area contributed by atoms with E-state index in [1.54, 1.807) is 0 Å². The summed E-state index contributed by atoms with van der Waals surface area (Å²) in [5, 5.41) is 3.20. The van der Waals surface area contributed by atoms with Crippen molar-refractivity contribution in [3.05, 3.63) is 29.3 Å². The standard InChI is InChI=1S/C15H22FNO/c1-15(2,3)17-10-13(16)12-8-4-6-11-7-5-9-18-14(11)12/h4,6,8,13,17H,5,7,9-10H2,1-3H3. The molecular weight excluding hydrogens is 229 g/mol. The van der Waals surface area contributed by atoms with Crippen LogP contribution in [0.4, 0.5) is 4.39 Å². The number of aryl methyl sites for hydroxylation is 1. The highest BCUT2D eigenvalue weighted by Crippen LogP contribution is 2.34. The van der Waals surface area contributed by atoms with Crippen molar-refractivity contribution in [1.29, 1.82) is 0 Å². The highest BCUT2D eigenvalue weighted by atomic mass is 19.1. The van der Waals surface area contributed by atoms with Gasteiger partial charge in [-0.25, -0.2) is 4.39 Å². The number of alkyl halides is 1. The highest BCUT2D eigenvalue weighted by molar-refractivity contribution is 5.44. The van der Waals surface area contributed by atoms with Crippen LogP contribution in [0.3, 0.4) is 0 Å². The molecule has 1 aromatic carbocycles. The fraction of sp³-hybridized carbons (Fsp3) is 0.600. The number of hydrogen-bond acceptors (Lipinski definition) is 2. The molecule has 1 atom stereocenters. The molecule has 2 nitrogen and oxygen atoms in total. The second-order valence-corrected chi connectivity index (χ2v) is 5.89. The third-order valence-electron chi connectivity index (χ3n) is 3.11. The second-order valence-electron chi connectivity index (χ2n) is 5.89. The van der Waals surface area contributed by atoms with Crippen LogP contribution in [0.5, 0.6) is 5.75 Å². The van der Waals surface area contributed by atoms with E-state index in [0.29, 0.717) is 18.7 Å². The largest absolute Gasteiger partial charge is 0.493 e. The second kappa shape index (κ2) is 5.27. The van der Waals surface area contributed by atoms with Crippen LogP contribution in [-0.2, 0) is 6.42 Å². The molecule has 0 fully saturated rings. The van der Waals surface area contributed by atoms with Crippen molar-refractivity contribution in [3.63, 3.8) is 0 Å². The van der Waals surface area contributed by atoms with Crippen LogP contribution in [0.2, 0.25) is 0 Å². The van der Waals surface area contributed by atoms with Gasteiger partial charge in [0.25, 0.3) is 0 Å². The van der Waals surface area contributed by atoms with Gasteiger partial charge in [-0.1, -0.05) is 18.2 Å². The fourth-order valence-corrected chi connectivity index (χ4v) is 2.17. The Labute approximate surface area is 109 Å². The smallest absolute Gasteiger partial charge is 0.141 e. The molecule has 0 saturated heterocycles. The number of para-hydroxylation sites is 1. The molecule has 0 aliphatic carbocycles. The van der Waals surface area contributed by atoms with Gasteiger partial charge in [0.15, 0.2) is 0 Å². The van der Waals surface area contributed by atoms with E-state index in [9.17, 15) is 4.39 Å². The van der Waals surface area contributed by atoms with Crippen molar-refractivity contribution in [2.45, 2.75) is 45.3 Å². The fourth-order valence-electron chi connectivity index (χ4n) is 2.17. The van der Waals surface area contributed by atoms with Gasteiger partial charge in [0.1, 0.15) is 11.9 Å². The first-order valence-electron chi connectivity index (χ1n) is 6.61. The molecular formula is C15H22FNO. The van der Waals surface area contributed by atoms with Gasteiger partial charge in [-0.05, 0) is 39.2 Å². The van der Waals surface area contributed by atoms with E-state index < -0.39 is 6.17 Å². The van der Waals surface area contributed by atoms with Gasteiger partial charge in [0.2, 0.25) is 0 Å². The lowest BCUT2D eigenvalue weighted by Crippen LogP contribution is -2.38. The van der Waals surface area contributed by atoms with E-state index in [2.05, 4.69) is 5.32 Å². The van der Waals surface area contributed by atoms with Gasteiger partial charge in [0, 0.05) is 17.6 Å². The van der Waals surface area contributed by atoms with Crippen molar-refractivity contribution in [3.8, 4) is 5.75 Å².